The van der Waals surface area contributed by atoms with Crippen LogP contribution in [0.3, 0.4) is 0 Å². The van der Waals surface area contributed by atoms with Gasteiger partial charge >= 0.3 is 5.88 Å². The van der Waals surface area contributed by atoms with E-state index >= 15 is 0 Å². The van der Waals surface area contributed by atoms with Crippen molar-refractivity contribution >= 4 is 0 Å². The molecule has 0 atom stereocenters. The molecular formula is C7H9N2O2+. The lowest BCUT2D eigenvalue weighted by Gasteiger charge is -2.11. The van der Waals surface area contributed by atoms with Gasteiger partial charge in [-0.2, -0.15) is 0 Å². The van der Waals surface area contributed by atoms with Crippen LogP contribution in [0.25, 0.3) is 0 Å². The molecule has 0 bridgehead atoms. The minimum Gasteiger partial charge on any atom is -0.480 e. The molecule has 0 spiro atoms. The monoisotopic (exact) mass is 153 g/mol. The highest BCUT2D eigenvalue weighted by atomic mass is 16.6. The second-order valence-electron chi connectivity index (χ2n) is 2.35. The predicted molar refractivity (Wildman–Crippen MR) is 36.5 cm³/mol. The van der Waals surface area contributed by atoms with E-state index < -0.39 is 0 Å². The van der Waals surface area contributed by atoms with Crippen molar-refractivity contribution in [1.29, 1.82) is 0 Å². The van der Waals surface area contributed by atoms with E-state index in [9.17, 15) is 0 Å². The van der Waals surface area contributed by atoms with Gasteiger partial charge in [0.05, 0.1) is 0 Å². The molecule has 1 aliphatic heterocycles. The molecule has 0 fully saturated rings. The molecule has 11 heavy (non-hydrogen) atoms. The number of hydrogen-bond donors (Lipinski definition) is 0. The van der Waals surface area contributed by atoms with E-state index in [1.807, 2.05) is 6.92 Å². The van der Waals surface area contributed by atoms with E-state index in [2.05, 4.69) is 9.97 Å². The van der Waals surface area contributed by atoms with Gasteiger partial charge < -0.3 is 9.47 Å². The smallest absolute Gasteiger partial charge is 0.374 e. The molecule has 0 saturated carbocycles. The number of aryl methyl sites for hydroxylation is 1. The van der Waals surface area contributed by atoms with E-state index in [4.69, 9.17) is 9.47 Å². The molecule has 0 unspecified atom stereocenters. The fraction of sp³-hybridized carbons (Fsp3) is 0.429. The Bertz CT molecular complexity index is 275. The zero-order valence-corrected chi connectivity index (χ0v) is 6.26. The molecule has 2 rings (SSSR count). The number of hydrogen-bond acceptors (Lipinski definition) is 3. The van der Waals surface area contributed by atoms with E-state index in [0.29, 0.717) is 24.8 Å². The zero-order chi connectivity index (χ0) is 7.68. The van der Waals surface area contributed by atoms with Gasteiger partial charge in [-0.3, -0.25) is 0 Å². The normalized spacial score (nSPS) is 14.6. The summed E-state index contributed by atoms with van der Waals surface area (Å²) in [7, 11) is 0. The number of aromatic amines is 1. The number of fused-ring (bicyclic) bond motifs is 1. The van der Waals surface area contributed by atoms with E-state index in [0.717, 1.165) is 5.82 Å². The van der Waals surface area contributed by atoms with Gasteiger partial charge in [-0.1, -0.05) is 0 Å². The highest BCUT2D eigenvalue weighted by molar-refractivity contribution is 5.29. The molecule has 4 heteroatoms. The summed E-state index contributed by atoms with van der Waals surface area (Å²) in [6.07, 6.45) is 1.76. The van der Waals surface area contributed by atoms with Crippen molar-refractivity contribution in [3.8, 4) is 11.6 Å². The number of H-pyrrole nitrogens is 1. The van der Waals surface area contributed by atoms with Crippen LogP contribution in [-0.2, 0) is 0 Å². The second kappa shape index (κ2) is 2.38. The quantitative estimate of drug-likeness (QED) is 0.526. The molecule has 1 aromatic heterocycles. The largest absolute Gasteiger partial charge is 0.480 e. The van der Waals surface area contributed by atoms with Gasteiger partial charge in [0.1, 0.15) is 19.4 Å². The van der Waals surface area contributed by atoms with Crippen LogP contribution in [0.5, 0.6) is 11.6 Å². The van der Waals surface area contributed by atoms with Crippen molar-refractivity contribution in [2.45, 2.75) is 6.92 Å². The van der Waals surface area contributed by atoms with Crippen molar-refractivity contribution in [1.82, 2.24) is 4.98 Å². The standard InChI is InChI=1S/C7H8N2O2/c1-5-8-4-6-7(9-5)11-3-2-10-6/h4H,2-3H2,1H3/p+1. The summed E-state index contributed by atoms with van der Waals surface area (Å²) in [5.41, 5.74) is 0. The Kier molecular flexibility index (Phi) is 1.38. The number of nitrogens with zero attached hydrogens (tertiary/aromatic N) is 1. The third-order valence-electron chi connectivity index (χ3n) is 1.47. The molecule has 1 N–H and O–H groups in total. The van der Waals surface area contributed by atoms with Gasteiger partial charge in [-0.05, 0) is 4.98 Å². The van der Waals surface area contributed by atoms with Gasteiger partial charge in [0, 0.05) is 6.92 Å². The molecule has 1 aromatic rings. The van der Waals surface area contributed by atoms with Crippen LogP contribution in [0.2, 0.25) is 0 Å². The highest BCUT2D eigenvalue weighted by Gasteiger charge is 2.19. The molecule has 0 aliphatic carbocycles. The summed E-state index contributed by atoms with van der Waals surface area (Å²) < 4.78 is 10.5. The maximum Gasteiger partial charge on any atom is 0.374 e. The Hall–Kier alpha value is -1.32. The van der Waals surface area contributed by atoms with Crippen LogP contribution >= 0.6 is 0 Å². The Morgan fingerprint density at radius 2 is 2.27 bits per heavy atom. The topological polar surface area (TPSA) is 45.5 Å². The Balaban J connectivity index is 2.43. The van der Waals surface area contributed by atoms with Crippen LogP contribution in [-0.4, -0.2) is 18.2 Å². The minimum absolute atomic E-state index is 0.587. The first-order valence-corrected chi connectivity index (χ1v) is 3.51. The van der Waals surface area contributed by atoms with E-state index in [1.54, 1.807) is 6.20 Å². The van der Waals surface area contributed by atoms with Crippen LogP contribution in [0.15, 0.2) is 6.20 Å². The number of nitrogens with one attached hydrogen (secondary N) is 1. The van der Waals surface area contributed by atoms with Crippen LogP contribution in [0, 0.1) is 6.92 Å². The molecule has 0 radical (unpaired) electrons. The van der Waals surface area contributed by atoms with Gasteiger partial charge in [-0.15, -0.1) is 0 Å². The summed E-state index contributed by atoms with van der Waals surface area (Å²) in [4.78, 5) is 7.05. The summed E-state index contributed by atoms with van der Waals surface area (Å²) in [6.45, 7) is 3.06. The fourth-order valence-electron chi connectivity index (χ4n) is 0.968. The molecule has 58 valence electrons. The zero-order valence-electron chi connectivity index (χ0n) is 6.26. The maximum absolute atomic E-state index is 5.26. The maximum atomic E-state index is 5.26. The molecule has 4 nitrogen and oxygen atoms in total. The lowest BCUT2D eigenvalue weighted by atomic mass is 10.5. The van der Waals surface area contributed by atoms with Crippen molar-refractivity contribution in [2.75, 3.05) is 13.2 Å². The number of rotatable bonds is 0. The molecule has 0 saturated heterocycles. The average Bonchev–Trinajstić information content (AvgIpc) is 2.04. The van der Waals surface area contributed by atoms with Crippen molar-refractivity contribution < 1.29 is 14.5 Å². The Morgan fingerprint density at radius 3 is 3.18 bits per heavy atom. The molecule has 1 aliphatic rings. The summed E-state index contributed by atoms with van der Waals surface area (Å²) in [6, 6.07) is 0. The summed E-state index contributed by atoms with van der Waals surface area (Å²) in [5.74, 6) is 2.11. The minimum atomic E-state index is 0.587. The first-order chi connectivity index (χ1) is 5.36. The third-order valence-corrected chi connectivity index (χ3v) is 1.47. The Morgan fingerprint density at radius 1 is 1.45 bits per heavy atom. The first-order valence-electron chi connectivity index (χ1n) is 3.51. The van der Waals surface area contributed by atoms with Gasteiger partial charge in [0.25, 0.3) is 5.82 Å². The van der Waals surface area contributed by atoms with Crippen LogP contribution < -0.4 is 14.5 Å². The number of ether oxygens (including phenoxy) is 2. The SMILES string of the molecule is Cc1nc2c(c[nH+]1)OCCO2. The molecule has 0 aromatic carbocycles. The van der Waals surface area contributed by atoms with Gasteiger partial charge in [0.15, 0.2) is 0 Å². The van der Waals surface area contributed by atoms with Crippen molar-refractivity contribution in [3.05, 3.63) is 12.0 Å². The van der Waals surface area contributed by atoms with Crippen molar-refractivity contribution in [3.63, 3.8) is 0 Å². The molecular weight excluding hydrogens is 144 g/mol. The van der Waals surface area contributed by atoms with Crippen molar-refractivity contribution in [2.24, 2.45) is 0 Å². The van der Waals surface area contributed by atoms with E-state index in [-0.39, 0.29) is 0 Å². The molecule has 0 amide bonds. The lowest BCUT2D eigenvalue weighted by Crippen LogP contribution is -2.20. The number of aromatic nitrogens is 2. The van der Waals surface area contributed by atoms with Gasteiger partial charge in [0.2, 0.25) is 5.75 Å². The molecule has 2 heterocycles. The summed E-state index contributed by atoms with van der Waals surface area (Å²) >= 11 is 0. The van der Waals surface area contributed by atoms with E-state index in [1.165, 1.54) is 0 Å². The van der Waals surface area contributed by atoms with Crippen LogP contribution in [0.4, 0.5) is 0 Å². The summed E-state index contributed by atoms with van der Waals surface area (Å²) in [5, 5.41) is 0. The fourth-order valence-corrected chi connectivity index (χ4v) is 0.968. The highest BCUT2D eigenvalue weighted by Crippen LogP contribution is 2.24. The third kappa shape index (κ3) is 1.11. The second-order valence-corrected chi connectivity index (χ2v) is 2.35. The first kappa shape index (κ1) is 6.39. The Labute approximate surface area is 64.2 Å². The van der Waals surface area contributed by atoms with Crippen LogP contribution in [0.1, 0.15) is 5.82 Å². The van der Waals surface area contributed by atoms with Gasteiger partial charge in [-0.25, -0.2) is 4.98 Å². The predicted octanol–water partition coefficient (Wildman–Crippen LogP) is -0.0247. The lowest BCUT2D eigenvalue weighted by molar-refractivity contribution is -0.394. The average molecular weight is 153 g/mol.